The highest BCUT2D eigenvalue weighted by Gasteiger charge is 2.39. The molecule has 1 heterocycles. The van der Waals surface area contributed by atoms with Gasteiger partial charge in [-0.05, 0) is 66.9 Å². The van der Waals surface area contributed by atoms with Crippen LogP contribution < -0.4 is 15.0 Å². The van der Waals surface area contributed by atoms with Crippen LogP contribution in [0.5, 0.6) is 5.75 Å². The molecule has 2 aliphatic rings. The van der Waals surface area contributed by atoms with Crippen molar-refractivity contribution in [2.24, 2.45) is 0 Å². The molecule has 1 aliphatic heterocycles. The molecule has 0 aromatic heterocycles. The number of halogens is 1. The highest BCUT2D eigenvalue weighted by molar-refractivity contribution is 6.30. The minimum atomic E-state index is -0.573. The quantitative estimate of drug-likeness (QED) is 0.510. The highest BCUT2D eigenvalue weighted by atomic mass is 35.5. The Balaban J connectivity index is 1.74. The summed E-state index contributed by atoms with van der Waals surface area (Å²) in [5.74, 6) is 0.536. The van der Waals surface area contributed by atoms with Crippen LogP contribution in [0.3, 0.4) is 0 Å². The van der Waals surface area contributed by atoms with Crippen molar-refractivity contribution in [3.63, 3.8) is 0 Å². The van der Waals surface area contributed by atoms with Crippen LogP contribution in [0.1, 0.15) is 41.2 Å². The molecule has 6 heteroatoms. The van der Waals surface area contributed by atoms with Gasteiger partial charge < -0.3 is 10.1 Å². The van der Waals surface area contributed by atoms with Gasteiger partial charge >= 0.3 is 0 Å². The number of rotatable bonds is 3. The number of carbonyl (C=O) groups is 2. The smallest absolute Gasteiger partial charge is 0.259 e. The Hall–Kier alpha value is -3.57. The number of amides is 1. The number of Topliss-reactive ketones (excluding diaryl/α,β-unsaturated/α-hetero) is 1. The maximum absolute atomic E-state index is 14.0. The zero-order chi connectivity index (χ0) is 22.9. The van der Waals surface area contributed by atoms with Gasteiger partial charge in [0, 0.05) is 28.3 Å². The molecule has 33 heavy (non-hydrogen) atoms. The summed E-state index contributed by atoms with van der Waals surface area (Å²) in [6.07, 6.45) is 2.00. The molecule has 0 saturated carbocycles. The average Bonchev–Trinajstić information content (AvgIpc) is 2.99. The third-order valence-corrected chi connectivity index (χ3v) is 6.43. The molecular formula is C27H23ClN2O3. The predicted molar refractivity (Wildman–Crippen MR) is 130 cm³/mol. The molecule has 1 atom stereocenters. The van der Waals surface area contributed by atoms with Crippen molar-refractivity contribution in [1.29, 1.82) is 0 Å². The Labute approximate surface area is 197 Å². The zero-order valence-corrected chi connectivity index (χ0v) is 18.9. The van der Waals surface area contributed by atoms with Crippen molar-refractivity contribution < 1.29 is 14.3 Å². The lowest BCUT2D eigenvalue weighted by Gasteiger charge is -2.34. The fourth-order valence-electron chi connectivity index (χ4n) is 4.59. The van der Waals surface area contributed by atoms with E-state index in [9.17, 15) is 9.59 Å². The Morgan fingerprint density at radius 2 is 1.73 bits per heavy atom. The van der Waals surface area contributed by atoms with E-state index in [0.717, 1.165) is 35.5 Å². The molecule has 0 fully saturated rings. The summed E-state index contributed by atoms with van der Waals surface area (Å²) in [6.45, 7) is 0. The van der Waals surface area contributed by atoms with E-state index in [2.05, 4.69) is 5.32 Å². The van der Waals surface area contributed by atoms with Crippen molar-refractivity contribution in [2.45, 2.75) is 25.3 Å². The Kier molecular flexibility index (Phi) is 5.65. The molecule has 5 nitrogen and oxygen atoms in total. The lowest BCUT2D eigenvalue weighted by atomic mass is 9.85. The monoisotopic (exact) mass is 458 g/mol. The summed E-state index contributed by atoms with van der Waals surface area (Å²) in [5, 5.41) is 4.08. The van der Waals surface area contributed by atoms with E-state index in [4.69, 9.17) is 16.3 Å². The molecule has 0 radical (unpaired) electrons. The number of allylic oxidation sites excluding steroid dienone is 1. The third kappa shape index (κ3) is 3.89. The predicted octanol–water partition coefficient (Wildman–Crippen LogP) is 6.17. The Bertz CT molecular complexity index is 1250. The van der Waals surface area contributed by atoms with Gasteiger partial charge in [-0.3, -0.25) is 14.5 Å². The van der Waals surface area contributed by atoms with Crippen LogP contribution in [-0.2, 0) is 4.79 Å². The molecule has 0 saturated heterocycles. The normalized spacial score (nSPS) is 17.6. The standard InChI is InChI=1S/C27H23ClN2O3/c1-33-20-15-11-18(12-16-20)27(32)30-23-7-3-2-5-21(23)29-22-6-4-8-24(31)25(22)26(30)17-9-13-19(28)14-10-17/h2-3,5,7,9-16,26,29H,4,6,8H2,1H3/t26-/m0/s1. The molecule has 3 aromatic rings. The first-order chi connectivity index (χ1) is 16.1. The van der Waals surface area contributed by atoms with Crippen LogP contribution in [0.25, 0.3) is 0 Å². The molecule has 1 amide bonds. The fourth-order valence-corrected chi connectivity index (χ4v) is 4.72. The van der Waals surface area contributed by atoms with E-state index in [-0.39, 0.29) is 11.7 Å². The van der Waals surface area contributed by atoms with Crippen LogP contribution in [0.15, 0.2) is 84.1 Å². The topological polar surface area (TPSA) is 58.6 Å². The number of hydrogen-bond acceptors (Lipinski definition) is 4. The van der Waals surface area contributed by atoms with E-state index in [0.29, 0.717) is 28.3 Å². The summed E-state index contributed by atoms with van der Waals surface area (Å²) in [6, 6.07) is 21.5. The van der Waals surface area contributed by atoms with Gasteiger partial charge in [0.2, 0.25) is 0 Å². The number of carbonyl (C=O) groups excluding carboxylic acids is 2. The lowest BCUT2D eigenvalue weighted by molar-refractivity contribution is -0.116. The van der Waals surface area contributed by atoms with Crippen molar-refractivity contribution in [1.82, 2.24) is 0 Å². The Morgan fingerprint density at radius 3 is 2.45 bits per heavy atom. The summed E-state index contributed by atoms with van der Waals surface area (Å²) >= 11 is 6.17. The van der Waals surface area contributed by atoms with Crippen LogP contribution in [0.4, 0.5) is 11.4 Å². The van der Waals surface area contributed by atoms with E-state index < -0.39 is 6.04 Å². The number of methoxy groups -OCH3 is 1. The molecule has 0 unspecified atom stereocenters. The second kappa shape index (κ2) is 8.75. The molecule has 5 rings (SSSR count). The van der Waals surface area contributed by atoms with Crippen LogP contribution in [-0.4, -0.2) is 18.8 Å². The third-order valence-electron chi connectivity index (χ3n) is 6.18. The van der Waals surface area contributed by atoms with Gasteiger partial charge in [0.25, 0.3) is 5.91 Å². The first-order valence-corrected chi connectivity index (χ1v) is 11.3. The summed E-state index contributed by atoms with van der Waals surface area (Å²) in [5.41, 5.74) is 4.39. The molecule has 1 N–H and O–H groups in total. The first-order valence-electron chi connectivity index (χ1n) is 10.9. The van der Waals surface area contributed by atoms with E-state index >= 15 is 0 Å². The van der Waals surface area contributed by atoms with Gasteiger partial charge in [0.1, 0.15) is 5.75 Å². The van der Waals surface area contributed by atoms with E-state index in [1.165, 1.54) is 0 Å². The van der Waals surface area contributed by atoms with Gasteiger partial charge in [-0.2, -0.15) is 0 Å². The van der Waals surface area contributed by atoms with Crippen molar-refractivity contribution in [3.05, 3.63) is 100 Å². The van der Waals surface area contributed by atoms with Gasteiger partial charge in [0.05, 0.1) is 24.5 Å². The minimum absolute atomic E-state index is 0.0593. The number of ketones is 1. The molecule has 166 valence electrons. The highest BCUT2D eigenvalue weighted by Crippen LogP contribution is 2.45. The van der Waals surface area contributed by atoms with Gasteiger partial charge in [-0.1, -0.05) is 35.9 Å². The number of anilines is 2. The van der Waals surface area contributed by atoms with E-state index in [1.807, 2.05) is 36.4 Å². The van der Waals surface area contributed by atoms with Crippen LogP contribution in [0.2, 0.25) is 5.02 Å². The summed E-state index contributed by atoms with van der Waals surface area (Å²) < 4.78 is 5.26. The van der Waals surface area contributed by atoms with Crippen LogP contribution >= 0.6 is 11.6 Å². The second-order valence-electron chi connectivity index (χ2n) is 8.17. The number of hydrogen-bond donors (Lipinski definition) is 1. The average molecular weight is 459 g/mol. The van der Waals surface area contributed by atoms with Gasteiger partial charge in [-0.25, -0.2) is 0 Å². The molecule has 3 aromatic carbocycles. The SMILES string of the molecule is COc1ccc(C(=O)N2c3ccccc3NC3=C(C(=O)CCC3)[C@@H]2c2ccc(Cl)cc2)cc1. The number of para-hydroxylation sites is 2. The zero-order valence-electron chi connectivity index (χ0n) is 18.2. The number of benzene rings is 3. The van der Waals surface area contributed by atoms with Crippen LogP contribution in [0, 0.1) is 0 Å². The number of ether oxygens (including phenoxy) is 1. The van der Waals surface area contributed by atoms with Crippen molar-refractivity contribution in [3.8, 4) is 5.75 Å². The molecule has 0 bridgehead atoms. The molecule has 0 spiro atoms. The maximum Gasteiger partial charge on any atom is 0.259 e. The van der Waals surface area contributed by atoms with Gasteiger partial charge in [0.15, 0.2) is 5.78 Å². The maximum atomic E-state index is 14.0. The number of nitrogens with zero attached hydrogens (tertiary/aromatic N) is 1. The van der Waals surface area contributed by atoms with Crippen molar-refractivity contribution in [2.75, 3.05) is 17.3 Å². The number of nitrogens with one attached hydrogen (secondary N) is 1. The lowest BCUT2D eigenvalue weighted by Crippen LogP contribution is -2.38. The number of fused-ring (bicyclic) bond motifs is 1. The minimum Gasteiger partial charge on any atom is -0.497 e. The Morgan fingerprint density at radius 1 is 1.00 bits per heavy atom. The van der Waals surface area contributed by atoms with Gasteiger partial charge in [-0.15, -0.1) is 0 Å². The van der Waals surface area contributed by atoms with Crippen molar-refractivity contribution >= 4 is 34.7 Å². The fraction of sp³-hybridized carbons (Fsp3) is 0.185. The molecule has 1 aliphatic carbocycles. The summed E-state index contributed by atoms with van der Waals surface area (Å²) in [4.78, 5) is 29.1. The molecular weight excluding hydrogens is 436 g/mol. The summed E-state index contributed by atoms with van der Waals surface area (Å²) in [7, 11) is 1.59. The largest absolute Gasteiger partial charge is 0.497 e. The first kappa shape index (κ1) is 21.3. The van der Waals surface area contributed by atoms with E-state index in [1.54, 1.807) is 48.4 Å². The second-order valence-corrected chi connectivity index (χ2v) is 8.61.